The Kier molecular flexibility index (Phi) is 4.41. The summed E-state index contributed by atoms with van der Waals surface area (Å²) in [6.45, 7) is 3.67. The Morgan fingerprint density at radius 3 is 2.31 bits per heavy atom. The predicted molar refractivity (Wildman–Crippen MR) is 96.6 cm³/mol. The summed E-state index contributed by atoms with van der Waals surface area (Å²) in [5.41, 5.74) is 2.30. The Morgan fingerprint density at radius 1 is 1.00 bits per heavy atom. The summed E-state index contributed by atoms with van der Waals surface area (Å²) >= 11 is 0. The second-order valence-electron chi connectivity index (χ2n) is 6.27. The van der Waals surface area contributed by atoms with E-state index in [2.05, 4.69) is 4.90 Å². The normalized spacial score (nSPS) is 11.5. The number of aromatic nitrogens is 2. The van der Waals surface area contributed by atoms with E-state index < -0.39 is 0 Å². The van der Waals surface area contributed by atoms with Gasteiger partial charge in [-0.05, 0) is 42.8 Å². The van der Waals surface area contributed by atoms with Crippen LogP contribution >= 0.6 is 0 Å². The van der Waals surface area contributed by atoms with E-state index in [1.807, 2.05) is 43.3 Å². The predicted octanol–water partition coefficient (Wildman–Crippen LogP) is 3.39. The van der Waals surface area contributed by atoms with E-state index in [9.17, 15) is 4.79 Å². The zero-order valence-corrected chi connectivity index (χ0v) is 14.5. The Hall–Kier alpha value is -3.12. The third-order valence-corrected chi connectivity index (χ3v) is 4.24. The molecule has 26 heavy (non-hydrogen) atoms. The molecule has 4 aromatic heterocycles. The van der Waals surface area contributed by atoms with Gasteiger partial charge in [0, 0.05) is 18.8 Å². The van der Waals surface area contributed by atoms with Crippen LogP contribution in [0, 0.1) is 6.92 Å². The molecule has 0 aliphatic carbocycles. The average Bonchev–Trinajstić information content (AvgIpc) is 3.30. The molecule has 0 atom stereocenters. The van der Waals surface area contributed by atoms with Crippen molar-refractivity contribution in [2.75, 3.05) is 0 Å². The van der Waals surface area contributed by atoms with E-state index in [0.717, 1.165) is 22.8 Å². The smallest absolute Gasteiger partial charge is 0.258 e. The molecule has 6 nitrogen and oxygen atoms in total. The van der Waals surface area contributed by atoms with Crippen LogP contribution in [-0.2, 0) is 19.6 Å². The van der Waals surface area contributed by atoms with Crippen LogP contribution in [0.3, 0.4) is 0 Å². The monoisotopic (exact) mass is 349 g/mol. The van der Waals surface area contributed by atoms with Crippen LogP contribution in [0.15, 0.2) is 74.8 Å². The molecule has 0 radical (unpaired) electrons. The van der Waals surface area contributed by atoms with E-state index in [4.69, 9.17) is 13.8 Å². The van der Waals surface area contributed by atoms with Gasteiger partial charge in [0.05, 0.1) is 31.3 Å². The third kappa shape index (κ3) is 3.45. The lowest BCUT2D eigenvalue weighted by Crippen LogP contribution is -2.25. The first-order valence-corrected chi connectivity index (χ1v) is 8.44. The number of nitrogens with zero attached hydrogens (tertiary/aromatic N) is 3. The summed E-state index contributed by atoms with van der Waals surface area (Å²) < 4.78 is 12.5. The van der Waals surface area contributed by atoms with Crippen molar-refractivity contribution >= 4 is 5.65 Å². The van der Waals surface area contributed by atoms with Gasteiger partial charge in [0.2, 0.25) is 0 Å². The topological polar surface area (TPSA) is 63.9 Å². The quantitative estimate of drug-likeness (QED) is 0.534. The summed E-state index contributed by atoms with van der Waals surface area (Å²) in [7, 11) is 0. The highest BCUT2D eigenvalue weighted by atomic mass is 16.3. The van der Waals surface area contributed by atoms with Gasteiger partial charge in [-0.2, -0.15) is 0 Å². The van der Waals surface area contributed by atoms with E-state index in [1.54, 1.807) is 29.2 Å². The SMILES string of the molecule is Cc1cccn2c(=O)cc(CN(Cc3ccco3)Cc3ccco3)nc12. The van der Waals surface area contributed by atoms with Gasteiger partial charge >= 0.3 is 0 Å². The van der Waals surface area contributed by atoms with Crippen LogP contribution in [0.2, 0.25) is 0 Å². The van der Waals surface area contributed by atoms with Gasteiger partial charge in [-0.3, -0.25) is 14.1 Å². The van der Waals surface area contributed by atoms with Crippen LogP contribution in [0.5, 0.6) is 0 Å². The molecular formula is C20H19N3O3. The van der Waals surface area contributed by atoms with Crippen molar-refractivity contribution in [2.45, 2.75) is 26.6 Å². The highest BCUT2D eigenvalue weighted by Gasteiger charge is 2.14. The van der Waals surface area contributed by atoms with Crippen molar-refractivity contribution in [2.24, 2.45) is 0 Å². The Bertz CT molecular complexity index is 1010. The zero-order chi connectivity index (χ0) is 17.9. The molecule has 132 valence electrons. The number of fused-ring (bicyclic) bond motifs is 1. The molecule has 0 bridgehead atoms. The highest BCUT2D eigenvalue weighted by Crippen LogP contribution is 2.14. The van der Waals surface area contributed by atoms with Crippen LogP contribution in [0.25, 0.3) is 5.65 Å². The van der Waals surface area contributed by atoms with Gasteiger partial charge in [-0.15, -0.1) is 0 Å². The summed E-state index contributed by atoms with van der Waals surface area (Å²) in [4.78, 5) is 19.3. The van der Waals surface area contributed by atoms with Crippen molar-refractivity contribution in [3.63, 3.8) is 0 Å². The summed E-state index contributed by atoms with van der Waals surface area (Å²) in [5.74, 6) is 1.70. The first-order valence-electron chi connectivity index (χ1n) is 8.44. The molecule has 4 aromatic rings. The second kappa shape index (κ2) is 7.01. The van der Waals surface area contributed by atoms with Crippen molar-refractivity contribution in [3.05, 3.63) is 94.3 Å². The number of furan rings is 2. The third-order valence-electron chi connectivity index (χ3n) is 4.24. The van der Waals surface area contributed by atoms with Gasteiger partial charge in [-0.1, -0.05) is 6.07 Å². The molecule has 0 saturated heterocycles. The van der Waals surface area contributed by atoms with Gasteiger partial charge in [0.25, 0.3) is 5.56 Å². The van der Waals surface area contributed by atoms with Gasteiger partial charge in [0.1, 0.15) is 17.2 Å². The van der Waals surface area contributed by atoms with E-state index >= 15 is 0 Å². The fourth-order valence-corrected chi connectivity index (χ4v) is 3.03. The van der Waals surface area contributed by atoms with Crippen LogP contribution in [0.4, 0.5) is 0 Å². The van der Waals surface area contributed by atoms with Crippen LogP contribution in [0.1, 0.15) is 22.8 Å². The lowest BCUT2D eigenvalue weighted by atomic mass is 10.2. The maximum absolute atomic E-state index is 12.4. The second-order valence-corrected chi connectivity index (χ2v) is 6.27. The Labute approximate surface area is 150 Å². The number of pyridine rings is 1. The summed E-state index contributed by atoms with van der Waals surface area (Å²) in [6.07, 6.45) is 5.06. The molecule has 0 saturated carbocycles. The lowest BCUT2D eigenvalue weighted by Gasteiger charge is -2.20. The maximum atomic E-state index is 12.4. The highest BCUT2D eigenvalue weighted by molar-refractivity contribution is 5.46. The minimum atomic E-state index is -0.0790. The van der Waals surface area contributed by atoms with Crippen molar-refractivity contribution in [1.82, 2.24) is 14.3 Å². The summed E-state index contributed by atoms with van der Waals surface area (Å²) in [6, 6.07) is 13.0. The number of aryl methyl sites for hydroxylation is 1. The molecular weight excluding hydrogens is 330 g/mol. The number of hydrogen-bond donors (Lipinski definition) is 0. The fraction of sp³-hybridized carbons (Fsp3) is 0.200. The Morgan fingerprint density at radius 2 is 1.69 bits per heavy atom. The first kappa shape index (κ1) is 16.4. The molecule has 0 aromatic carbocycles. The lowest BCUT2D eigenvalue weighted by molar-refractivity contribution is 0.207. The number of hydrogen-bond acceptors (Lipinski definition) is 5. The minimum absolute atomic E-state index is 0.0790. The molecule has 0 aliphatic heterocycles. The maximum Gasteiger partial charge on any atom is 0.258 e. The fourth-order valence-electron chi connectivity index (χ4n) is 3.03. The molecule has 0 N–H and O–H groups in total. The van der Waals surface area contributed by atoms with E-state index in [1.165, 1.54) is 0 Å². The van der Waals surface area contributed by atoms with Crippen molar-refractivity contribution in [3.8, 4) is 0 Å². The molecule has 6 heteroatoms. The number of rotatable bonds is 6. The Balaban J connectivity index is 1.65. The molecule has 0 unspecified atom stereocenters. The van der Waals surface area contributed by atoms with Crippen molar-refractivity contribution < 1.29 is 8.83 Å². The molecule has 0 spiro atoms. The van der Waals surface area contributed by atoms with Gasteiger partial charge in [-0.25, -0.2) is 4.98 Å². The van der Waals surface area contributed by atoms with Crippen molar-refractivity contribution in [1.29, 1.82) is 0 Å². The first-order chi connectivity index (χ1) is 12.7. The van der Waals surface area contributed by atoms with Crippen LogP contribution in [-0.4, -0.2) is 14.3 Å². The zero-order valence-electron chi connectivity index (χ0n) is 14.5. The van der Waals surface area contributed by atoms with Gasteiger partial charge in [0.15, 0.2) is 0 Å². The van der Waals surface area contributed by atoms with Gasteiger partial charge < -0.3 is 8.83 Å². The van der Waals surface area contributed by atoms with E-state index in [-0.39, 0.29) is 5.56 Å². The standard InChI is InChI=1S/C20H19N3O3/c1-15-5-2-8-23-19(24)11-16(21-20(15)23)12-22(13-17-6-3-9-25-17)14-18-7-4-10-26-18/h2-11H,12-14H2,1H3. The minimum Gasteiger partial charge on any atom is -0.468 e. The molecule has 4 heterocycles. The van der Waals surface area contributed by atoms with Crippen LogP contribution < -0.4 is 5.56 Å². The largest absolute Gasteiger partial charge is 0.468 e. The molecule has 4 rings (SSSR count). The summed E-state index contributed by atoms with van der Waals surface area (Å²) in [5, 5.41) is 0. The molecule has 0 amide bonds. The van der Waals surface area contributed by atoms with E-state index in [0.29, 0.717) is 25.3 Å². The molecule has 0 fully saturated rings. The average molecular weight is 349 g/mol. The molecule has 0 aliphatic rings.